The summed E-state index contributed by atoms with van der Waals surface area (Å²) in [5.74, 6) is 0.220. The number of imidazole rings is 1. The molecule has 1 unspecified atom stereocenters. The summed E-state index contributed by atoms with van der Waals surface area (Å²) in [6.45, 7) is 7.71. The van der Waals surface area contributed by atoms with Crippen LogP contribution >= 0.6 is 0 Å². The van der Waals surface area contributed by atoms with Crippen LogP contribution in [0.4, 0.5) is 4.39 Å². The maximum atomic E-state index is 15.3. The lowest BCUT2D eigenvalue weighted by Crippen LogP contribution is -2.24. The fourth-order valence-corrected chi connectivity index (χ4v) is 4.89. The summed E-state index contributed by atoms with van der Waals surface area (Å²) in [6, 6.07) is 3.89. The average Bonchev–Trinajstić information content (AvgIpc) is 3.69. The van der Waals surface area contributed by atoms with Crippen LogP contribution in [0.1, 0.15) is 49.3 Å². The molecule has 1 saturated carbocycles. The zero-order chi connectivity index (χ0) is 29.5. The Morgan fingerprint density at radius 1 is 1.17 bits per heavy atom. The summed E-state index contributed by atoms with van der Waals surface area (Å²) in [5.41, 5.74) is 6.81. The van der Waals surface area contributed by atoms with Crippen LogP contribution in [0.2, 0.25) is 0 Å². The van der Waals surface area contributed by atoms with Crippen molar-refractivity contribution in [2.45, 2.75) is 59.1 Å². The summed E-state index contributed by atoms with van der Waals surface area (Å²) in [7, 11) is 8.03. The molecule has 0 aromatic carbocycles. The van der Waals surface area contributed by atoms with Crippen LogP contribution in [-0.2, 0) is 26.4 Å². The maximum Gasteiger partial charge on any atom is 0.183 e. The Bertz CT molecular complexity index is 1460. The molecule has 41 heavy (non-hydrogen) atoms. The zero-order valence-electron chi connectivity index (χ0n) is 25.5. The second-order valence-corrected chi connectivity index (χ2v) is 11.0. The van der Waals surface area contributed by atoms with Crippen LogP contribution < -0.4 is 10.1 Å². The van der Waals surface area contributed by atoms with Crippen molar-refractivity contribution >= 4 is 5.65 Å². The van der Waals surface area contributed by atoms with E-state index in [-0.39, 0.29) is 11.9 Å². The molecule has 0 aliphatic heterocycles. The topological polar surface area (TPSA) is 72.5 Å². The molecule has 0 saturated heterocycles. The Labute approximate surface area is 243 Å². The molecule has 4 heterocycles. The summed E-state index contributed by atoms with van der Waals surface area (Å²) < 4.78 is 25.9. The molecule has 220 valence electrons. The smallest absolute Gasteiger partial charge is 0.183 e. The van der Waals surface area contributed by atoms with Crippen molar-refractivity contribution in [3.05, 3.63) is 77.5 Å². The highest BCUT2D eigenvalue weighted by molar-refractivity contribution is 5.70. The predicted molar refractivity (Wildman–Crippen MR) is 163 cm³/mol. The Morgan fingerprint density at radius 3 is 2.59 bits per heavy atom. The summed E-state index contributed by atoms with van der Waals surface area (Å²) >= 11 is 0. The third-order valence-electron chi connectivity index (χ3n) is 7.60. The molecule has 5 rings (SSSR count). The normalized spacial score (nSPS) is 14.1. The lowest BCUT2D eigenvalue weighted by molar-refractivity contribution is 0.171. The van der Waals surface area contributed by atoms with Crippen molar-refractivity contribution in [1.29, 1.82) is 0 Å². The molecular weight excluding hydrogens is 517 g/mol. The Kier molecular flexibility index (Phi) is 10.3. The van der Waals surface area contributed by atoms with Gasteiger partial charge in [0.05, 0.1) is 23.8 Å². The predicted octanol–water partition coefficient (Wildman–Crippen LogP) is 5.38. The lowest BCUT2D eigenvalue weighted by Gasteiger charge is -2.22. The van der Waals surface area contributed by atoms with E-state index >= 15 is 4.39 Å². The van der Waals surface area contributed by atoms with Gasteiger partial charge in [-0.15, -0.1) is 0 Å². The average molecular weight is 562 g/mol. The van der Waals surface area contributed by atoms with Crippen LogP contribution in [0.3, 0.4) is 0 Å². The van der Waals surface area contributed by atoms with Gasteiger partial charge in [-0.2, -0.15) is 5.10 Å². The monoisotopic (exact) mass is 561 g/mol. The van der Waals surface area contributed by atoms with E-state index in [1.807, 2.05) is 73.7 Å². The quantitative estimate of drug-likeness (QED) is 0.248. The van der Waals surface area contributed by atoms with Gasteiger partial charge >= 0.3 is 0 Å². The fourth-order valence-electron chi connectivity index (χ4n) is 4.89. The van der Waals surface area contributed by atoms with E-state index < -0.39 is 5.82 Å². The molecular formula is C32H44FN7O. The van der Waals surface area contributed by atoms with Gasteiger partial charge in [-0.05, 0) is 78.4 Å². The fraction of sp³-hybridized carbons (Fsp3) is 0.469. The molecule has 0 bridgehead atoms. The van der Waals surface area contributed by atoms with Crippen LogP contribution in [0.15, 0.2) is 49.1 Å². The number of rotatable bonds is 11. The first-order chi connectivity index (χ1) is 19.8. The number of allylic oxidation sites excluding steroid dienone is 2. The number of fused-ring (bicyclic) bond motifs is 1. The van der Waals surface area contributed by atoms with Crippen molar-refractivity contribution in [3.63, 3.8) is 0 Å². The van der Waals surface area contributed by atoms with Crippen molar-refractivity contribution < 1.29 is 9.13 Å². The summed E-state index contributed by atoms with van der Waals surface area (Å²) in [5, 5.41) is 7.96. The minimum absolute atomic E-state index is 0.131. The molecule has 0 amide bonds. The number of nitrogens with one attached hydrogen (secondary N) is 1. The molecule has 8 nitrogen and oxygen atoms in total. The number of pyridine rings is 2. The van der Waals surface area contributed by atoms with Gasteiger partial charge in [0, 0.05) is 62.2 Å². The molecule has 0 spiro atoms. The SMILES string of the molecule is C/C=C\C.CNCc1cnc2ccc(-c3cncc(F)c3OC(Cc3c(CCN(C)C)nn(C)c3C)C3CC3)cn12. The number of aromatic nitrogens is 5. The highest BCUT2D eigenvalue weighted by Crippen LogP contribution is 2.40. The molecule has 0 radical (unpaired) electrons. The van der Waals surface area contributed by atoms with Gasteiger partial charge < -0.3 is 19.4 Å². The Morgan fingerprint density at radius 2 is 1.93 bits per heavy atom. The first-order valence-corrected chi connectivity index (χ1v) is 14.4. The first-order valence-electron chi connectivity index (χ1n) is 14.4. The highest BCUT2D eigenvalue weighted by Gasteiger charge is 2.35. The van der Waals surface area contributed by atoms with Crippen molar-refractivity contribution in [2.24, 2.45) is 13.0 Å². The lowest BCUT2D eigenvalue weighted by atomic mass is 10.0. The molecule has 1 atom stereocenters. The number of halogens is 1. The van der Waals surface area contributed by atoms with Gasteiger partial charge in [0.2, 0.25) is 0 Å². The minimum Gasteiger partial charge on any atom is -0.486 e. The van der Waals surface area contributed by atoms with Crippen LogP contribution in [-0.4, -0.2) is 62.8 Å². The Balaban J connectivity index is 0.000000909. The third-order valence-corrected chi connectivity index (χ3v) is 7.60. The van der Waals surface area contributed by atoms with E-state index in [9.17, 15) is 0 Å². The number of hydrogen-bond donors (Lipinski definition) is 1. The summed E-state index contributed by atoms with van der Waals surface area (Å²) in [4.78, 5) is 10.8. The van der Waals surface area contributed by atoms with E-state index in [1.165, 1.54) is 11.8 Å². The molecule has 4 aromatic rings. The van der Waals surface area contributed by atoms with Crippen LogP contribution in [0.25, 0.3) is 16.8 Å². The van der Waals surface area contributed by atoms with Crippen LogP contribution in [0, 0.1) is 18.7 Å². The third kappa shape index (κ3) is 7.40. The van der Waals surface area contributed by atoms with E-state index in [1.54, 1.807) is 6.20 Å². The van der Waals surface area contributed by atoms with E-state index in [0.29, 0.717) is 24.4 Å². The first kappa shape index (κ1) is 30.4. The second kappa shape index (κ2) is 13.9. The minimum atomic E-state index is -0.444. The van der Waals surface area contributed by atoms with Gasteiger partial charge in [-0.25, -0.2) is 9.37 Å². The van der Waals surface area contributed by atoms with Crippen molar-refractivity contribution in [2.75, 3.05) is 27.7 Å². The Hall–Kier alpha value is -3.56. The number of aryl methyl sites for hydroxylation is 1. The molecule has 1 aliphatic rings. The molecule has 4 aromatic heterocycles. The maximum absolute atomic E-state index is 15.3. The van der Waals surface area contributed by atoms with Gasteiger partial charge in [-0.1, -0.05) is 12.2 Å². The molecule has 1 fully saturated rings. The van der Waals surface area contributed by atoms with Crippen molar-refractivity contribution in [3.8, 4) is 16.9 Å². The molecule has 9 heteroatoms. The van der Waals surface area contributed by atoms with E-state index in [4.69, 9.17) is 9.84 Å². The number of hydrogen-bond acceptors (Lipinski definition) is 6. The molecule has 1 aliphatic carbocycles. The number of likely N-dealkylation sites (N-methyl/N-ethyl adjacent to an activating group) is 1. The molecule has 1 N–H and O–H groups in total. The van der Waals surface area contributed by atoms with Crippen molar-refractivity contribution in [1.82, 2.24) is 34.4 Å². The summed E-state index contributed by atoms with van der Waals surface area (Å²) in [6.07, 6.45) is 14.4. The van der Waals surface area contributed by atoms with Gasteiger partial charge in [0.15, 0.2) is 11.6 Å². The van der Waals surface area contributed by atoms with E-state index in [2.05, 4.69) is 41.2 Å². The van der Waals surface area contributed by atoms with E-state index in [0.717, 1.165) is 54.1 Å². The van der Waals surface area contributed by atoms with Gasteiger partial charge in [0.1, 0.15) is 11.8 Å². The highest BCUT2D eigenvalue weighted by atomic mass is 19.1. The van der Waals surface area contributed by atoms with Crippen LogP contribution in [0.5, 0.6) is 5.75 Å². The van der Waals surface area contributed by atoms with Gasteiger partial charge in [-0.3, -0.25) is 9.67 Å². The zero-order valence-corrected chi connectivity index (χ0v) is 25.5. The second-order valence-electron chi connectivity index (χ2n) is 11.0. The standard InChI is InChI=1S/C28H36FN7O.C4H8/c1-18-22(25(33-35(18)5)10-11-34(3)4)12-26(19-6-7-19)37-28-23(15-31-16-24(28)29)20-8-9-27-32-14-21(13-30-2)36(27)17-20;1-3-4-2/h8-9,14-17,19,26,30H,6-7,10-13H2,1-5H3;3-4H,1-2H3/b;4-3-. The number of nitrogens with zero attached hydrogens (tertiary/aromatic N) is 6. The van der Waals surface area contributed by atoms with Gasteiger partial charge in [0.25, 0.3) is 0 Å². The largest absolute Gasteiger partial charge is 0.486 e. The number of ether oxygens (including phenoxy) is 1.